The SMILES string of the molecule is COc1ncnc(C2CC2)c1-c1ncc2[nH]cc(C(O)c3cc(F)c(-n4nc(C(F)(F)F)cc4C)c(F)c3)c2n1. The lowest BCUT2D eigenvalue weighted by Gasteiger charge is -2.14. The molecule has 40 heavy (non-hydrogen) atoms. The molecule has 1 saturated carbocycles. The molecule has 1 aliphatic rings. The third-order valence-electron chi connectivity index (χ3n) is 6.71. The Kier molecular flexibility index (Phi) is 6.02. The van der Waals surface area contributed by atoms with Crippen LogP contribution in [0.1, 0.15) is 53.1 Å². The highest BCUT2D eigenvalue weighted by atomic mass is 19.4. The van der Waals surface area contributed by atoms with E-state index >= 15 is 8.78 Å². The summed E-state index contributed by atoms with van der Waals surface area (Å²) >= 11 is 0. The van der Waals surface area contributed by atoms with Crippen LogP contribution in [0.15, 0.2) is 36.9 Å². The second kappa shape index (κ2) is 9.33. The van der Waals surface area contributed by atoms with Gasteiger partial charge in [-0.2, -0.15) is 18.3 Å². The van der Waals surface area contributed by atoms with Gasteiger partial charge in [-0.25, -0.2) is 33.4 Å². The Balaban J connectivity index is 1.41. The maximum absolute atomic E-state index is 15.1. The van der Waals surface area contributed by atoms with E-state index in [1.54, 1.807) is 0 Å². The first-order chi connectivity index (χ1) is 19.1. The van der Waals surface area contributed by atoms with E-state index in [0.29, 0.717) is 21.8 Å². The maximum Gasteiger partial charge on any atom is 0.435 e. The van der Waals surface area contributed by atoms with E-state index in [1.807, 2.05) is 0 Å². The van der Waals surface area contributed by atoms with Crippen LogP contribution in [0.4, 0.5) is 22.0 Å². The van der Waals surface area contributed by atoms with Crippen molar-refractivity contribution in [3.63, 3.8) is 0 Å². The number of aromatic nitrogens is 7. The van der Waals surface area contributed by atoms with Crippen LogP contribution in [0, 0.1) is 18.6 Å². The maximum atomic E-state index is 15.1. The van der Waals surface area contributed by atoms with E-state index in [2.05, 4.69) is 30.0 Å². The summed E-state index contributed by atoms with van der Waals surface area (Å²) in [5.74, 6) is -1.65. The summed E-state index contributed by atoms with van der Waals surface area (Å²) in [7, 11) is 1.47. The number of aliphatic hydroxyl groups excluding tert-OH is 1. The number of aromatic amines is 1. The molecule has 2 N–H and O–H groups in total. The number of fused-ring (bicyclic) bond motifs is 1. The molecule has 1 fully saturated rings. The van der Waals surface area contributed by atoms with Crippen LogP contribution >= 0.6 is 0 Å². The predicted octanol–water partition coefficient (Wildman–Crippen LogP) is 5.17. The molecule has 0 bridgehead atoms. The number of nitrogens with one attached hydrogen (secondary N) is 1. The fraction of sp³-hybridized carbons (Fsp3) is 0.269. The summed E-state index contributed by atoms with van der Waals surface area (Å²) in [5, 5.41) is 14.5. The van der Waals surface area contributed by atoms with Crippen LogP contribution in [-0.4, -0.2) is 46.9 Å². The van der Waals surface area contributed by atoms with Gasteiger partial charge in [0.25, 0.3) is 0 Å². The van der Waals surface area contributed by atoms with E-state index in [9.17, 15) is 18.3 Å². The molecular formula is C26H20F5N7O2. The van der Waals surface area contributed by atoms with Gasteiger partial charge in [0.15, 0.2) is 23.2 Å². The molecule has 5 aromatic rings. The summed E-state index contributed by atoms with van der Waals surface area (Å²) in [6.07, 6.45) is -0.0915. The van der Waals surface area contributed by atoms with Crippen LogP contribution in [-0.2, 0) is 6.18 Å². The number of H-pyrrole nitrogens is 1. The van der Waals surface area contributed by atoms with Crippen LogP contribution in [0.3, 0.4) is 0 Å². The molecule has 1 unspecified atom stereocenters. The molecule has 1 aromatic carbocycles. The van der Waals surface area contributed by atoms with Crippen molar-refractivity contribution in [1.82, 2.24) is 34.7 Å². The number of halogens is 5. The number of hydrogen-bond acceptors (Lipinski definition) is 7. The van der Waals surface area contributed by atoms with Crippen LogP contribution < -0.4 is 4.74 Å². The first kappa shape index (κ1) is 25.8. The molecule has 1 aliphatic carbocycles. The molecule has 14 heteroatoms. The van der Waals surface area contributed by atoms with Gasteiger partial charge >= 0.3 is 6.18 Å². The Morgan fingerprint density at radius 1 is 1.10 bits per heavy atom. The highest BCUT2D eigenvalue weighted by molar-refractivity contribution is 5.82. The van der Waals surface area contributed by atoms with Crippen molar-refractivity contribution in [1.29, 1.82) is 0 Å². The van der Waals surface area contributed by atoms with Crippen molar-refractivity contribution >= 4 is 11.0 Å². The number of nitrogens with zero attached hydrogens (tertiary/aromatic N) is 6. The normalized spacial score (nSPS) is 14.6. The lowest BCUT2D eigenvalue weighted by atomic mass is 10.0. The monoisotopic (exact) mass is 557 g/mol. The van der Waals surface area contributed by atoms with Gasteiger partial charge in [0.05, 0.1) is 30.0 Å². The van der Waals surface area contributed by atoms with Crippen molar-refractivity contribution < 1.29 is 31.8 Å². The summed E-state index contributed by atoms with van der Waals surface area (Å²) < 4.78 is 75.5. The van der Waals surface area contributed by atoms with E-state index in [0.717, 1.165) is 30.7 Å². The molecule has 206 valence electrons. The molecule has 0 spiro atoms. The molecule has 4 heterocycles. The highest BCUT2D eigenvalue weighted by Crippen LogP contribution is 2.45. The standard InChI is InChI=1S/C26H20F5N7O2/c1-11-5-18(26(29,30)31)37-38(11)22-15(27)6-13(7-16(22)28)23(39)14-8-32-17-9-33-24(36-21(14)17)19-20(12-3-4-12)34-10-35-25(19)40-2/h5-10,12,23,32,39H,3-4H2,1-2H3. The van der Waals surface area contributed by atoms with Gasteiger partial charge in [0, 0.05) is 23.4 Å². The van der Waals surface area contributed by atoms with Gasteiger partial charge in [-0.3, -0.25) is 0 Å². The Bertz CT molecular complexity index is 1740. The highest BCUT2D eigenvalue weighted by Gasteiger charge is 2.35. The Morgan fingerprint density at radius 2 is 1.82 bits per heavy atom. The topological polar surface area (TPSA) is 115 Å². The number of aryl methyl sites for hydroxylation is 1. The largest absolute Gasteiger partial charge is 0.480 e. The number of aliphatic hydroxyl groups is 1. The first-order valence-corrected chi connectivity index (χ1v) is 12.1. The van der Waals surface area contributed by atoms with E-state index in [4.69, 9.17) is 4.74 Å². The molecular weight excluding hydrogens is 537 g/mol. The van der Waals surface area contributed by atoms with Gasteiger partial charge < -0.3 is 14.8 Å². The van der Waals surface area contributed by atoms with Crippen molar-refractivity contribution in [2.75, 3.05) is 7.11 Å². The smallest absolute Gasteiger partial charge is 0.435 e. The second-order valence-corrected chi connectivity index (χ2v) is 9.43. The number of rotatable bonds is 6. The van der Waals surface area contributed by atoms with Crippen LogP contribution in [0.2, 0.25) is 0 Å². The van der Waals surface area contributed by atoms with Crippen molar-refractivity contribution in [3.05, 3.63) is 76.8 Å². The summed E-state index contributed by atoms with van der Waals surface area (Å²) in [5.41, 5.74) is -0.187. The number of hydrogen-bond donors (Lipinski definition) is 2. The van der Waals surface area contributed by atoms with Crippen LogP contribution in [0.5, 0.6) is 5.88 Å². The number of benzene rings is 1. The van der Waals surface area contributed by atoms with Gasteiger partial charge in [0.1, 0.15) is 23.7 Å². The zero-order valence-corrected chi connectivity index (χ0v) is 21.0. The molecule has 0 saturated heterocycles. The summed E-state index contributed by atoms with van der Waals surface area (Å²) in [6, 6.07) is 2.38. The molecule has 4 aromatic heterocycles. The van der Waals surface area contributed by atoms with Gasteiger partial charge in [0.2, 0.25) is 5.88 Å². The van der Waals surface area contributed by atoms with E-state index in [1.165, 1.54) is 32.8 Å². The second-order valence-electron chi connectivity index (χ2n) is 9.43. The molecule has 0 aliphatic heterocycles. The lowest BCUT2D eigenvalue weighted by Crippen LogP contribution is -2.11. The minimum absolute atomic E-state index is 0.120. The average molecular weight is 557 g/mol. The first-order valence-electron chi connectivity index (χ1n) is 12.1. The quantitative estimate of drug-likeness (QED) is 0.277. The third kappa shape index (κ3) is 4.33. The molecule has 0 radical (unpaired) electrons. The fourth-order valence-corrected chi connectivity index (χ4v) is 4.64. The predicted molar refractivity (Wildman–Crippen MR) is 131 cm³/mol. The average Bonchev–Trinajstić information content (AvgIpc) is 3.57. The minimum Gasteiger partial charge on any atom is -0.480 e. The Morgan fingerprint density at radius 3 is 2.45 bits per heavy atom. The number of ether oxygens (including phenoxy) is 1. The van der Waals surface area contributed by atoms with Gasteiger partial charge in [-0.15, -0.1) is 0 Å². The third-order valence-corrected chi connectivity index (χ3v) is 6.71. The minimum atomic E-state index is -4.79. The lowest BCUT2D eigenvalue weighted by molar-refractivity contribution is -0.141. The van der Waals surface area contributed by atoms with Crippen molar-refractivity contribution in [2.24, 2.45) is 0 Å². The zero-order valence-electron chi connectivity index (χ0n) is 21.0. The number of methoxy groups -OCH3 is 1. The van der Waals surface area contributed by atoms with E-state index < -0.39 is 35.3 Å². The summed E-state index contributed by atoms with van der Waals surface area (Å²) in [6.45, 7) is 1.24. The molecule has 1 atom stereocenters. The van der Waals surface area contributed by atoms with Gasteiger partial charge in [-0.1, -0.05) is 0 Å². The molecule has 6 rings (SSSR count). The fourth-order valence-electron chi connectivity index (χ4n) is 4.64. The Hall–Kier alpha value is -4.46. The van der Waals surface area contributed by atoms with Crippen molar-refractivity contribution in [2.45, 2.75) is 38.0 Å². The number of alkyl halides is 3. The van der Waals surface area contributed by atoms with Crippen molar-refractivity contribution in [3.8, 4) is 23.0 Å². The van der Waals surface area contributed by atoms with Crippen LogP contribution in [0.25, 0.3) is 28.1 Å². The van der Waals surface area contributed by atoms with Gasteiger partial charge in [-0.05, 0) is 43.5 Å². The summed E-state index contributed by atoms with van der Waals surface area (Å²) in [4.78, 5) is 20.5. The Labute approximate surface area is 222 Å². The zero-order chi connectivity index (χ0) is 28.3. The van der Waals surface area contributed by atoms with E-state index in [-0.39, 0.29) is 40.0 Å². The molecule has 0 amide bonds. The molecule has 9 nitrogen and oxygen atoms in total.